The van der Waals surface area contributed by atoms with Crippen LogP contribution >= 0.6 is 23.2 Å². The van der Waals surface area contributed by atoms with Crippen molar-refractivity contribution in [1.82, 2.24) is 4.90 Å². The molecule has 1 aromatic heterocycles. The predicted molar refractivity (Wildman–Crippen MR) is 196 cm³/mol. The van der Waals surface area contributed by atoms with Gasteiger partial charge in [0.1, 0.15) is 22.0 Å². The summed E-state index contributed by atoms with van der Waals surface area (Å²) in [5, 5.41) is 23.9. The number of pyridine rings is 1. The Morgan fingerprint density at radius 1 is 0.945 bits per heavy atom. The van der Waals surface area contributed by atoms with E-state index in [0.717, 1.165) is 38.8 Å². The molecule has 4 aromatic rings. The van der Waals surface area contributed by atoms with Gasteiger partial charge < -0.3 is 24.6 Å². The number of carboxylic acid groups (broad SMARTS) is 1. The molecule has 1 saturated carbocycles. The molecule has 3 aliphatic heterocycles. The van der Waals surface area contributed by atoms with Crippen molar-refractivity contribution in [3.8, 4) is 11.5 Å². The van der Waals surface area contributed by atoms with Crippen molar-refractivity contribution in [3.05, 3.63) is 117 Å². The smallest absolute Gasteiger partial charge is 0.387 e. The number of nitrogens with zero attached hydrogens (tertiary/aromatic N) is 2. The molecule has 0 amide bonds. The summed E-state index contributed by atoms with van der Waals surface area (Å²) in [6.45, 7) is -0.349. The van der Waals surface area contributed by atoms with Crippen molar-refractivity contribution in [1.29, 1.82) is 0 Å². The number of hydrogen-bond donors (Lipinski definition) is 3. The Bertz CT molecular complexity index is 2040. The van der Waals surface area contributed by atoms with Crippen LogP contribution in [-0.4, -0.2) is 66.1 Å². The number of ether oxygens (including phenoxy) is 3. The second kappa shape index (κ2) is 16.6. The number of esters is 1. The minimum Gasteiger partial charge on any atom is -0.489 e. The number of halogens is 5. The molecule has 0 spiro atoms. The van der Waals surface area contributed by atoms with Crippen molar-refractivity contribution >= 4 is 40.8 Å². The molecule has 10 nitrogen and oxygen atoms in total. The number of carboxylic acids is 1. The molecule has 1 aliphatic carbocycles. The van der Waals surface area contributed by atoms with Crippen LogP contribution in [0.15, 0.2) is 73.1 Å². The highest BCUT2D eigenvalue weighted by Gasteiger charge is 2.38. The maximum absolute atomic E-state index is 14.6. The molecular weight excluding hydrogens is 762 g/mol. The van der Waals surface area contributed by atoms with E-state index in [4.69, 9.17) is 37.4 Å². The number of carbonyl (C=O) groups excluding carboxylic acids is 1. The molecule has 4 heterocycles. The van der Waals surface area contributed by atoms with Gasteiger partial charge in [-0.15, -0.1) is 0 Å². The number of fused-ring (bicyclic) bond motifs is 3. The summed E-state index contributed by atoms with van der Waals surface area (Å²) >= 11 is 13.1. The molecule has 15 heteroatoms. The summed E-state index contributed by atoms with van der Waals surface area (Å²) in [5.74, 6) is -2.96. The minimum absolute atomic E-state index is 0.0196. The van der Waals surface area contributed by atoms with Crippen molar-refractivity contribution in [3.63, 3.8) is 0 Å². The Kier molecular flexibility index (Phi) is 11.6. The lowest BCUT2D eigenvalue weighted by Crippen LogP contribution is -2.52. The molecule has 4 fully saturated rings. The zero-order chi connectivity index (χ0) is 38.8. The van der Waals surface area contributed by atoms with E-state index in [1.165, 1.54) is 60.9 Å². The molecule has 1 unspecified atom stereocenters. The molecule has 3 saturated heterocycles. The van der Waals surface area contributed by atoms with E-state index in [2.05, 4.69) is 10.2 Å². The van der Waals surface area contributed by atoms with Crippen LogP contribution in [0, 0.1) is 17.7 Å². The van der Waals surface area contributed by atoms with Gasteiger partial charge in [0.25, 0.3) is 0 Å². The Hall–Kier alpha value is -4.72. The number of alkyl halides is 2. The lowest BCUT2D eigenvalue weighted by atomic mass is 9.83. The fraction of sp³-hybridized carbons (Fsp3) is 0.375. The maximum Gasteiger partial charge on any atom is 0.387 e. The van der Waals surface area contributed by atoms with Gasteiger partial charge in [-0.25, -0.2) is 14.0 Å². The molecule has 2 bridgehead atoms. The number of anilines is 1. The number of nitrogens with one attached hydrogen (secondary N) is 1. The average molecular weight is 802 g/mol. The first kappa shape index (κ1) is 38.6. The van der Waals surface area contributed by atoms with Crippen LogP contribution in [0.1, 0.15) is 70.3 Å². The molecule has 290 valence electrons. The monoisotopic (exact) mass is 800 g/mol. The first-order chi connectivity index (χ1) is 26.4. The second-order valence-corrected chi connectivity index (χ2v) is 15.1. The molecule has 8 rings (SSSR count). The Morgan fingerprint density at radius 2 is 1.69 bits per heavy atom. The van der Waals surface area contributed by atoms with Crippen LogP contribution in [0.4, 0.5) is 18.9 Å². The number of rotatable bonds is 15. The van der Waals surface area contributed by atoms with Crippen LogP contribution in [0.3, 0.4) is 0 Å². The lowest BCUT2D eigenvalue weighted by molar-refractivity contribution is -0.904. The standard InChI is InChI=1S/C40H38Cl2F3N3O7/c41-32-18-48(52)19-33(42)31(32)17-29(24-6-9-34(55-40(44)45)35(15-24)53-21-22-4-5-22)30-16-27(7-8-28(30)38(49)50)46-37(25-2-1-3-26(43)14-25)39(51)54-36-20-47-12-10-23(36)11-13-47/h1-3,6-9,14-16,18-19,22-23,29,36-37,40,46H,4-5,10-13,17,20-21H2,(H-,49,50,52)/p+1/t29-,36-,37?/m0/s1. The lowest BCUT2D eigenvalue weighted by Gasteiger charge is -2.44. The van der Waals surface area contributed by atoms with Crippen LogP contribution in [0.25, 0.3) is 0 Å². The van der Waals surface area contributed by atoms with Gasteiger partial charge in [-0.2, -0.15) is 8.78 Å². The zero-order valence-electron chi connectivity index (χ0n) is 29.5. The zero-order valence-corrected chi connectivity index (χ0v) is 31.0. The van der Waals surface area contributed by atoms with Crippen LogP contribution in [0.2, 0.25) is 10.0 Å². The Balaban J connectivity index is 1.30. The third-order valence-corrected chi connectivity index (χ3v) is 11.1. The van der Waals surface area contributed by atoms with E-state index in [1.807, 2.05) is 0 Å². The quantitative estimate of drug-likeness (QED) is 0.0626. The maximum atomic E-state index is 14.6. The Morgan fingerprint density at radius 3 is 2.33 bits per heavy atom. The fourth-order valence-electron chi connectivity index (χ4n) is 7.41. The number of carbonyl (C=O) groups is 2. The largest absolute Gasteiger partial charge is 0.489 e. The minimum atomic E-state index is -3.12. The third-order valence-electron chi connectivity index (χ3n) is 10.5. The highest BCUT2D eigenvalue weighted by atomic mass is 35.5. The third kappa shape index (κ3) is 9.22. The number of hydrogen-bond acceptors (Lipinski definition) is 8. The molecule has 3 N–H and O–H groups in total. The molecule has 0 radical (unpaired) electrons. The van der Waals surface area contributed by atoms with Crippen molar-refractivity contribution in [2.75, 3.05) is 31.6 Å². The van der Waals surface area contributed by atoms with Gasteiger partial charge in [0.2, 0.25) is 12.4 Å². The number of aromatic carboxylic acids is 1. The summed E-state index contributed by atoms with van der Waals surface area (Å²) in [6.07, 6.45) is 5.81. The average Bonchev–Trinajstić information content (AvgIpc) is 3.98. The van der Waals surface area contributed by atoms with Gasteiger partial charge in [-0.05, 0) is 116 Å². The van der Waals surface area contributed by atoms with E-state index in [1.54, 1.807) is 12.1 Å². The first-order valence-corrected chi connectivity index (χ1v) is 18.8. The van der Waals surface area contributed by atoms with Gasteiger partial charge in [0.05, 0.1) is 12.2 Å². The van der Waals surface area contributed by atoms with E-state index >= 15 is 0 Å². The van der Waals surface area contributed by atoms with E-state index in [-0.39, 0.29) is 63.6 Å². The van der Waals surface area contributed by atoms with Gasteiger partial charge in [-0.1, -0.05) is 41.4 Å². The summed E-state index contributed by atoms with van der Waals surface area (Å²) in [5.41, 5.74) is 1.56. The summed E-state index contributed by atoms with van der Waals surface area (Å²) < 4.78 is 59.0. The predicted octanol–water partition coefficient (Wildman–Crippen LogP) is 7.91. The van der Waals surface area contributed by atoms with Gasteiger partial charge in [0, 0.05) is 28.4 Å². The number of aromatic nitrogens is 1. The normalized spacial score (nSPS) is 20.1. The van der Waals surface area contributed by atoms with Gasteiger partial charge in [0.15, 0.2) is 17.5 Å². The van der Waals surface area contributed by atoms with Gasteiger partial charge >= 0.3 is 18.6 Å². The highest BCUT2D eigenvalue weighted by molar-refractivity contribution is 6.35. The first-order valence-electron chi connectivity index (χ1n) is 18.0. The number of piperidine rings is 3. The van der Waals surface area contributed by atoms with Crippen molar-refractivity contribution in [2.24, 2.45) is 11.8 Å². The van der Waals surface area contributed by atoms with Crippen LogP contribution in [-0.2, 0) is 16.0 Å². The fourth-order valence-corrected chi connectivity index (χ4v) is 8.02. The van der Waals surface area contributed by atoms with Crippen molar-refractivity contribution < 1.29 is 52.0 Å². The second-order valence-electron chi connectivity index (χ2n) is 14.3. The summed E-state index contributed by atoms with van der Waals surface area (Å²) in [6, 6.07) is 13.3. The Labute approximate surface area is 325 Å². The molecule has 55 heavy (non-hydrogen) atoms. The highest BCUT2D eigenvalue weighted by Crippen LogP contribution is 2.41. The molecular formula is C40H39Cl2F3N3O7+. The van der Waals surface area contributed by atoms with E-state index < -0.39 is 36.3 Å². The van der Waals surface area contributed by atoms with E-state index in [0.29, 0.717) is 33.7 Å². The summed E-state index contributed by atoms with van der Waals surface area (Å²) in [4.78, 5) is 29.1. The van der Waals surface area contributed by atoms with Gasteiger partial charge in [-0.3, -0.25) is 10.1 Å². The van der Waals surface area contributed by atoms with Crippen molar-refractivity contribution in [2.45, 2.75) is 56.8 Å². The molecule has 4 aliphatic rings. The topological polar surface area (TPSA) is 121 Å². The SMILES string of the molecule is O=C(O)c1ccc(NC(C(=O)O[C@H]2CN3CCC2CC3)c2cccc(F)c2)cc1[C@@H](Cc1c(Cl)c[n+](O)cc1Cl)c1ccc(OC(F)F)c(OCC2CC2)c1. The molecule has 3 aromatic carbocycles. The number of benzene rings is 3. The van der Waals surface area contributed by atoms with Crippen LogP contribution in [0.5, 0.6) is 11.5 Å². The van der Waals surface area contributed by atoms with E-state index in [9.17, 15) is 33.1 Å². The molecule has 3 atom stereocenters. The van der Waals surface area contributed by atoms with Crippen LogP contribution < -0.4 is 19.5 Å². The summed E-state index contributed by atoms with van der Waals surface area (Å²) in [7, 11) is 0.